The van der Waals surface area contributed by atoms with Crippen LogP contribution in [0, 0.1) is 0 Å². The highest BCUT2D eigenvalue weighted by Crippen LogP contribution is 2.24. The lowest BCUT2D eigenvalue weighted by Gasteiger charge is -2.09. The molecule has 0 bridgehead atoms. The van der Waals surface area contributed by atoms with Crippen molar-refractivity contribution in [1.82, 2.24) is 0 Å². The van der Waals surface area contributed by atoms with Gasteiger partial charge < -0.3 is 5.32 Å². The Hall–Kier alpha value is -2.72. The average molecular weight is 320 g/mol. The quantitative estimate of drug-likeness (QED) is 0.700. The van der Waals surface area contributed by atoms with Gasteiger partial charge in [-0.15, -0.1) is 0 Å². The van der Waals surface area contributed by atoms with Gasteiger partial charge in [0.05, 0.1) is 10.6 Å². The first-order chi connectivity index (χ1) is 11.3. The molecule has 0 saturated carbocycles. The maximum absolute atomic E-state index is 12.5. The minimum absolute atomic E-state index is 0.656. The van der Waals surface area contributed by atoms with Crippen LogP contribution in [0.25, 0.3) is 0 Å². The Morgan fingerprint density at radius 2 is 1.39 bits per heavy atom. The third kappa shape index (κ3) is 4.14. The number of hydrogen-bond acceptors (Lipinski definition) is 2. The van der Waals surface area contributed by atoms with Gasteiger partial charge in [-0.1, -0.05) is 60.7 Å². The molecule has 0 radical (unpaired) electrons. The van der Waals surface area contributed by atoms with E-state index in [9.17, 15) is 4.21 Å². The van der Waals surface area contributed by atoms with Crippen molar-refractivity contribution in [2.24, 2.45) is 4.40 Å². The highest BCUT2D eigenvalue weighted by molar-refractivity contribution is 7.84. The molecule has 0 aliphatic carbocycles. The summed E-state index contributed by atoms with van der Waals surface area (Å²) in [6, 6.07) is 26.9. The van der Waals surface area contributed by atoms with Gasteiger partial charge in [0.1, 0.15) is 0 Å². The maximum Gasteiger partial charge on any atom is 0.174 e. The van der Waals surface area contributed by atoms with Gasteiger partial charge in [0.25, 0.3) is 0 Å². The minimum Gasteiger partial charge on any atom is -0.354 e. The summed E-state index contributed by atoms with van der Waals surface area (Å²) in [4.78, 5) is 0.656. The number of benzene rings is 3. The van der Waals surface area contributed by atoms with Crippen LogP contribution < -0.4 is 5.32 Å². The van der Waals surface area contributed by atoms with Crippen molar-refractivity contribution >= 4 is 28.6 Å². The molecule has 23 heavy (non-hydrogen) atoms. The topological polar surface area (TPSA) is 41.5 Å². The second kappa shape index (κ2) is 7.51. The van der Waals surface area contributed by atoms with Crippen molar-refractivity contribution in [1.29, 1.82) is 0 Å². The highest BCUT2D eigenvalue weighted by Gasteiger charge is 2.08. The molecule has 0 aliphatic rings. The van der Waals surface area contributed by atoms with Crippen LogP contribution >= 0.6 is 0 Å². The van der Waals surface area contributed by atoms with Gasteiger partial charge in [0.15, 0.2) is 11.0 Å². The summed E-state index contributed by atoms with van der Waals surface area (Å²) in [7, 11) is -1.46. The van der Waals surface area contributed by atoms with E-state index in [0.29, 0.717) is 4.90 Å². The third-order valence-corrected chi connectivity index (χ3v) is 4.25. The van der Waals surface area contributed by atoms with E-state index in [2.05, 4.69) is 9.71 Å². The number of nitrogens with one attached hydrogen (secondary N) is 1. The number of para-hydroxylation sites is 2. The fraction of sp³-hybridized carbons (Fsp3) is 0. The van der Waals surface area contributed by atoms with E-state index < -0.39 is 11.0 Å². The Labute approximate surface area is 138 Å². The summed E-state index contributed by atoms with van der Waals surface area (Å²) in [5.41, 5.74) is 2.67. The molecule has 3 aromatic carbocycles. The molecule has 0 amide bonds. The van der Waals surface area contributed by atoms with E-state index in [1.54, 1.807) is 6.21 Å². The van der Waals surface area contributed by atoms with Gasteiger partial charge in [-0.2, -0.15) is 4.40 Å². The van der Waals surface area contributed by atoms with E-state index in [0.717, 1.165) is 16.9 Å². The van der Waals surface area contributed by atoms with Crippen molar-refractivity contribution < 1.29 is 4.21 Å². The normalized spacial score (nSPS) is 12.2. The largest absolute Gasteiger partial charge is 0.354 e. The molecule has 1 atom stereocenters. The molecular weight excluding hydrogens is 304 g/mol. The number of nitrogens with zero attached hydrogens (tertiary/aromatic N) is 1. The summed E-state index contributed by atoms with van der Waals surface area (Å²) in [5, 5.41) is 3.28. The predicted octanol–water partition coefficient (Wildman–Crippen LogP) is 4.57. The molecule has 0 aliphatic heterocycles. The summed E-state index contributed by atoms with van der Waals surface area (Å²) < 4.78 is 16.7. The first kappa shape index (κ1) is 15.2. The molecule has 3 aromatic rings. The monoisotopic (exact) mass is 320 g/mol. The molecule has 0 fully saturated rings. The molecule has 1 N–H and O–H groups in total. The first-order valence-electron chi connectivity index (χ1n) is 7.25. The fourth-order valence-electron chi connectivity index (χ4n) is 2.10. The lowest BCUT2D eigenvalue weighted by Crippen LogP contribution is -1.97. The third-order valence-electron chi connectivity index (χ3n) is 3.23. The van der Waals surface area contributed by atoms with Crippen LogP contribution in [0.1, 0.15) is 5.56 Å². The van der Waals surface area contributed by atoms with Crippen molar-refractivity contribution in [2.75, 3.05) is 5.32 Å². The SMILES string of the molecule is O=S(/N=C\c1ccccc1)c1ccccc1Nc1ccccc1. The Balaban J connectivity index is 1.82. The molecule has 0 saturated heterocycles. The molecule has 1 unspecified atom stereocenters. The summed E-state index contributed by atoms with van der Waals surface area (Å²) in [6.45, 7) is 0. The molecule has 0 aromatic heterocycles. The van der Waals surface area contributed by atoms with Crippen LogP contribution in [0.3, 0.4) is 0 Å². The molecule has 3 rings (SSSR count). The zero-order chi connectivity index (χ0) is 15.9. The zero-order valence-corrected chi connectivity index (χ0v) is 13.2. The zero-order valence-electron chi connectivity index (χ0n) is 12.4. The Kier molecular flexibility index (Phi) is 4.96. The molecule has 0 heterocycles. The minimum atomic E-state index is -1.46. The smallest absolute Gasteiger partial charge is 0.174 e. The van der Waals surface area contributed by atoms with E-state index in [1.807, 2.05) is 84.9 Å². The Bertz CT molecular complexity index is 817. The standard InChI is InChI=1S/C19H16N2OS/c22-23(20-15-16-9-3-1-4-10-16)19-14-8-7-13-18(19)21-17-11-5-2-6-12-17/h1-15,21H/b20-15-. The average Bonchev–Trinajstić information content (AvgIpc) is 2.62. The van der Waals surface area contributed by atoms with Crippen LogP contribution in [0.4, 0.5) is 11.4 Å². The molecular formula is C19H16N2OS. The Morgan fingerprint density at radius 1 is 0.783 bits per heavy atom. The summed E-state index contributed by atoms with van der Waals surface area (Å²) in [5.74, 6) is 0. The van der Waals surface area contributed by atoms with Gasteiger partial charge in [0.2, 0.25) is 0 Å². The van der Waals surface area contributed by atoms with Crippen molar-refractivity contribution in [2.45, 2.75) is 4.90 Å². The van der Waals surface area contributed by atoms with Crippen LogP contribution in [-0.4, -0.2) is 10.4 Å². The van der Waals surface area contributed by atoms with Gasteiger partial charge in [-0.25, -0.2) is 4.21 Å². The van der Waals surface area contributed by atoms with Crippen molar-refractivity contribution in [3.05, 3.63) is 90.5 Å². The van der Waals surface area contributed by atoms with E-state index >= 15 is 0 Å². The second-order valence-corrected chi connectivity index (χ2v) is 6.03. The van der Waals surface area contributed by atoms with Gasteiger partial charge in [-0.05, 0) is 29.8 Å². The van der Waals surface area contributed by atoms with E-state index in [4.69, 9.17) is 0 Å². The van der Waals surface area contributed by atoms with Crippen LogP contribution in [-0.2, 0) is 11.0 Å². The van der Waals surface area contributed by atoms with Gasteiger partial charge in [0, 0.05) is 11.9 Å². The second-order valence-electron chi connectivity index (χ2n) is 4.88. The lowest BCUT2D eigenvalue weighted by atomic mass is 10.2. The molecule has 4 heteroatoms. The highest BCUT2D eigenvalue weighted by atomic mass is 32.2. The molecule has 0 spiro atoms. The van der Waals surface area contributed by atoms with Gasteiger partial charge >= 0.3 is 0 Å². The van der Waals surface area contributed by atoms with Crippen LogP contribution in [0.15, 0.2) is 94.2 Å². The molecule has 3 nitrogen and oxygen atoms in total. The number of hydrogen-bond donors (Lipinski definition) is 1. The van der Waals surface area contributed by atoms with E-state index in [-0.39, 0.29) is 0 Å². The Morgan fingerprint density at radius 3 is 2.13 bits per heavy atom. The lowest BCUT2D eigenvalue weighted by molar-refractivity contribution is 0.685. The maximum atomic E-state index is 12.5. The van der Waals surface area contributed by atoms with Gasteiger partial charge in [-0.3, -0.25) is 0 Å². The van der Waals surface area contributed by atoms with Crippen molar-refractivity contribution in [3.63, 3.8) is 0 Å². The fourth-order valence-corrected chi connectivity index (χ4v) is 2.94. The summed E-state index contributed by atoms with van der Waals surface area (Å²) >= 11 is 0. The first-order valence-corrected chi connectivity index (χ1v) is 8.36. The van der Waals surface area contributed by atoms with Crippen LogP contribution in [0.2, 0.25) is 0 Å². The van der Waals surface area contributed by atoms with Crippen molar-refractivity contribution in [3.8, 4) is 0 Å². The van der Waals surface area contributed by atoms with Crippen LogP contribution in [0.5, 0.6) is 0 Å². The van der Waals surface area contributed by atoms with E-state index in [1.165, 1.54) is 0 Å². The predicted molar refractivity (Wildman–Crippen MR) is 96.6 cm³/mol. The number of rotatable bonds is 5. The number of anilines is 2. The molecule has 114 valence electrons. The summed E-state index contributed by atoms with van der Waals surface area (Å²) in [6.07, 6.45) is 1.63.